The molecule has 128 valence electrons. The second-order valence-corrected chi connectivity index (χ2v) is 6.86. The van der Waals surface area contributed by atoms with Gasteiger partial charge >= 0.3 is 5.97 Å². The monoisotopic (exact) mass is 346 g/mol. The Kier molecular flexibility index (Phi) is 6.49. The number of esters is 1. The number of nitrogens with one attached hydrogen (secondary N) is 1. The van der Waals surface area contributed by atoms with Gasteiger partial charge in [0.2, 0.25) is 5.91 Å². The summed E-state index contributed by atoms with van der Waals surface area (Å²) >= 11 is 1.54. The summed E-state index contributed by atoms with van der Waals surface area (Å²) in [6.07, 6.45) is 1.18. The molecular formula is C18H22N2O3S. The predicted molar refractivity (Wildman–Crippen MR) is 95.0 cm³/mol. The minimum atomic E-state index is -0.260. The van der Waals surface area contributed by atoms with Gasteiger partial charge in [-0.25, -0.2) is 4.98 Å². The van der Waals surface area contributed by atoms with Crippen LogP contribution in [0.15, 0.2) is 24.3 Å². The Morgan fingerprint density at radius 2 is 1.92 bits per heavy atom. The van der Waals surface area contributed by atoms with Crippen molar-refractivity contribution >= 4 is 23.2 Å². The van der Waals surface area contributed by atoms with Gasteiger partial charge in [-0.3, -0.25) is 9.59 Å². The fourth-order valence-corrected chi connectivity index (χ4v) is 3.25. The van der Waals surface area contributed by atoms with Crippen LogP contribution in [-0.2, 0) is 20.7 Å². The molecule has 0 aliphatic heterocycles. The number of ether oxygens (including phenoxy) is 1. The molecule has 0 radical (unpaired) electrons. The van der Waals surface area contributed by atoms with Crippen molar-refractivity contribution in [3.8, 4) is 11.3 Å². The maximum absolute atomic E-state index is 12.1. The summed E-state index contributed by atoms with van der Waals surface area (Å²) in [5, 5.41) is 3.78. The fourth-order valence-electron chi connectivity index (χ4n) is 2.30. The van der Waals surface area contributed by atoms with Crippen molar-refractivity contribution in [1.29, 1.82) is 0 Å². The fraction of sp³-hybridized carbons (Fsp3) is 0.389. The van der Waals surface area contributed by atoms with Crippen molar-refractivity contribution in [2.75, 3.05) is 13.7 Å². The van der Waals surface area contributed by atoms with E-state index in [4.69, 9.17) is 0 Å². The van der Waals surface area contributed by atoms with Crippen LogP contribution >= 0.6 is 11.3 Å². The summed E-state index contributed by atoms with van der Waals surface area (Å²) in [6, 6.07) is 8.14. The Balaban J connectivity index is 1.96. The molecule has 0 fully saturated rings. The summed E-state index contributed by atoms with van der Waals surface area (Å²) in [5.41, 5.74) is 3.09. The van der Waals surface area contributed by atoms with Crippen LogP contribution in [0, 0.1) is 13.8 Å². The van der Waals surface area contributed by atoms with Crippen LogP contribution in [0.3, 0.4) is 0 Å². The molecule has 0 aliphatic carbocycles. The Morgan fingerprint density at radius 3 is 2.58 bits per heavy atom. The normalized spacial score (nSPS) is 10.5. The van der Waals surface area contributed by atoms with Gasteiger partial charge in [0.1, 0.15) is 0 Å². The van der Waals surface area contributed by atoms with Crippen LogP contribution in [-0.4, -0.2) is 30.5 Å². The summed E-state index contributed by atoms with van der Waals surface area (Å²) < 4.78 is 4.57. The number of hydrogen-bond acceptors (Lipinski definition) is 5. The molecule has 2 rings (SSSR count). The molecule has 24 heavy (non-hydrogen) atoms. The molecule has 0 atom stereocenters. The maximum Gasteiger partial charge on any atom is 0.305 e. The molecule has 0 aliphatic rings. The first-order chi connectivity index (χ1) is 11.5. The van der Waals surface area contributed by atoms with Crippen LogP contribution < -0.4 is 5.32 Å². The van der Waals surface area contributed by atoms with E-state index in [-0.39, 0.29) is 11.9 Å². The van der Waals surface area contributed by atoms with Crippen LogP contribution in [0.25, 0.3) is 11.3 Å². The van der Waals surface area contributed by atoms with E-state index in [1.807, 2.05) is 38.1 Å². The van der Waals surface area contributed by atoms with Gasteiger partial charge < -0.3 is 10.1 Å². The van der Waals surface area contributed by atoms with Gasteiger partial charge in [-0.15, -0.1) is 11.3 Å². The van der Waals surface area contributed by atoms with Crippen molar-refractivity contribution < 1.29 is 14.3 Å². The predicted octanol–water partition coefficient (Wildman–Crippen LogP) is 3.04. The summed E-state index contributed by atoms with van der Waals surface area (Å²) in [5.74, 6) is -0.319. The van der Waals surface area contributed by atoms with Crippen molar-refractivity contribution in [1.82, 2.24) is 10.3 Å². The van der Waals surface area contributed by atoms with Crippen LogP contribution in [0.1, 0.15) is 28.3 Å². The quantitative estimate of drug-likeness (QED) is 0.618. The molecule has 0 saturated heterocycles. The zero-order valence-electron chi connectivity index (χ0n) is 14.2. The lowest BCUT2D eigenvalue weighted by Crippen LogP contribution is -2.26. The molecule has 6 heteroatoms. The summed E-state index contributed by atoms with van der Waals surface area (Å²) in [4.78, 5) is 28.7. The summed E-state index contributed by atoms with van der Waals surface area (Å²) in [7, 11) is 1.36. The van der Waals surface area contributed by atoms with Crippen LogP contribution in [0.4, 0.5) is 0 Å². The highest BCUT2D eigenvalue weighted by Crippen LogP contribution is 2.28. The van der Waals surface area contributed by atoms with E-state index < -0.39 is 0 Å². The molecule has 1 aromatic carbocycles. The minimum Gasteiger partial charge on any atom is -0.469 e. The highest BCUT2D eigenvalue weighted by molar-refractivity contribution is 7.12. The maximum atomic E-state index is 12.1. The molecule has 1 aromatic heterocycles. The third-order valence-electron chi connectivity index (χ3n) is 3.56. The summed E-state index contributed by atoms with van der Waals surface area (Å²) in [6.45, 7) is 4.45. The SMILES string of the molecule is COC(=O)CCCNC(=O)Cc1sc(C)nc1-c1ccc(C)cc1. The molecule has 1 N–H and O–H groups in total. The third kappa shape index (κ3) is 5.16. The minimum absolute atomic E-state index is 0.0584. The zero-order chi connectivity index (χ0) is 17.5. The second kappa shape index (κ2) is 8.59. The number of benzene rings is 1. The van der Waals surface area contributed by atoms with Crippen molar-refractivity contribution in [2.24, 2.45) is 0 Å². The first-order valence-electron chi connectivity index (χ1n) is 7.86. The first kappa shape index (κ1) is 18.1. The molecule has 5 nitrogen and oxygen atoms in total. The van der Waals surface area contributed by atoms with E-state index in [1.54, 1.807) is 11.3 Å². The highest BCUT2D eigenvalue weighted by atomic mass is 32.1. The molecule has 0 bridgehead atoms. The van der Waals surface area contributed by atoms with E-state index in [0.29, 0.717) is 25.8 Å². The molecule has 0 unspecified atom stereocenters. The van der Waals surface area contributed by atoms with Crippen LogP contribution in [0.5, 0.6) is 0 Å². The number of thiazole rings is 1. The van der Waals surface area contributed by atoms with E-state index >= 15 is 0 Å². The largest absolute Gasteiger partial charge is 0.469 e. The molecule has 1 amide bonds. The van der Waals surface area contributed by atoms with Gasteiger partial charge in [-0.1, -0.05) is 29.8 Å². The number of carbonyl (C=O) groups excluding carboxylic acids is 2. The molecule has 2 aromatic rings. The molecule has 1 heterocycles. The molecular weight excluding hydrogens is 324 g/mol. The second-order valence-electron chi connectivity index (χ2n) is 5.58. The van der Waals surface area contributed by atoms with E-state index in [0.717, 1.165) is 21.1 Å². The third-order valence-corrected chi connectivity index (χ3v) is 4.53. The highest BCUT2D eigenvalue weighted by Gasteiger charge is 2.14. The first-order valence-corrected chi connectivity index (χ1v) is 8.68. The van der Waals surface area contributed by atoms with E-state index in [2.05, 4.69) is 15.0 Å². The topological polar surface area (TPSA) is 68.3 Å². The van der Waals surface area contributed by atoms with Gasteiger partial charge in [-0.2, -0.15) is 0 Å². The van der Waals surface area contributed by atoms with Gasteiger partial charge in [0.25, 0.3) is 0 Å². The number of methoxy groups -OCH3 is 1. The average Bonchev–Trinajstić information content (AvgIpc) is 2.92. The van der Waals surface area contributed by atoms with Crippen LogP contribution in [0.2, 0.25) is 0 Å². The van der Waals surface area contributed by atoms with Gasteiger partial charge in [-0.05, 0) is 20.3 Å². The van der Waals surface area contributed by atoms with Crippen molar-refractivity contribution in [2.45, 2.75) is 33.1 Å². The van der Waals surface area contributed by atoms with E-state index in [9.17, 15) is 9.59 Å². The van der Waals surface area contributed by atoms with Gasteiger partial charge in [0.05, 0.1) is 24.2 Å². The van der Waals surface area contributed by atoms with Gasteiger partial charge in [0, 0.05) is 23.4 Å². The lowest BCUT2D eigenvalue weighted by molar-refractivity contribution is -0.140. The Labute approximate surface area is 146 Å². The van der Waals surface area contributed by atoms with Gasteiger partial charge in [0.15, 0.2) is 0 Å². The average molecular weight is 346 g/mol. The number of amides is 1. The Hall–Kier alpha value is -2.21. The van der Waals surface area contributed by atoms with Crippen molar-refractivity contribution in [3.63, 3.8) is 0 Å². The number of carbonyl (C=O) groups is 2. The molecule has 0 spiro atoms. The number of nitrogens with zero attached hydrogens (tertiary/aromatic N) is 1. The smallest absolute Gasteiger partial charge is 0.305 e. The lowest BCUT2D eigenvalue weighted by atomic mass is 10.1. The zero-order valence-corrected chi connectivity index (χ0v) is 15.0. The molecule has 0 saturated carbocycles. The number of aromatic nitrogens is 1. The number of rotatable bonds is 7. The Morgan fingerprint density at radius 1 is 1.21 bits per heavy atom. The van der Waals surface area contributed by atoms with Crippen molar-refractivity contribution in [3.05, 3.63) is 39.7 Å². The lowest BCUT2D eigenvalue weighted by Gasteiger charge is -2.05. The standard InChI is InChI=1S/C18H22N2O3S/c1-12-6-8-14(9-7-12)18-15(24-13(2)20-18)11-16(21)19-10-4-5-17(22)23-3/h6-9H,4-5,10-11H2,1-3H3,(H,19,21). The van der Waals surface area contributed by atoms with E-state index in [1.165, 1.54) is 12.7 Å². The number of hydrogen-bond donors (Lipinski definition) is 1. The number of aryl methyl sites for hydroxylation is 2. The Bertz CT molecular complexity index is 708.